The average molecular weight is 194 g/mol. The number of carbonyl (C=O) groups is 1. The Labute approximate surface area is 82.3 Å². The van der Waals surface area contributed by atoms with Crippen LogP contribution in [0.2, 0.25) is 0 Å². The van der Waals surface area contributed by atoms with E-state index in [1.165, 1.54) is 0 Å². The number of H-pyrrole nitrogens is 1. The van der Waals surface area contributed by atoms with Gasteiger partial charge in [-0.1, -0.05) is 6.92 Å². The number of hydrogen-bond acceptors (Lipinski definition) is 3. The van der Waals surface area contributed by atoms with E-state index < -0.39 is 0 Å². The summed E-state index contributed by atoms with van der Waals surface area (Å²) < 4.78 is 0. The highest BCUT2D eigenvalue weighted by atomic mass is 16.2. The van der Waals surface area contributed by atoms with Gasteiger partial charge in [0.2, 0.25) is 11.9 Å². The maximum Gasteiger partial charge on any atom is 0.248 e. The summed E-state index contributed by atoms with van der Waals surface area (Å²) in [5.74, 6) is 1.15. The maximum atomic E-state index is 11.7. The summed E-state index contributed by atoms with van der Waals surface area (Å²) in [5, 5.41) is 9.28. The first kappa shape index (κ1) is 9.18. The minimum atomic E-state index is -0.130. The number of aryl methyl sites for hydroxylation is 1. The molecule has 5 nitrogen and oxygen atoms in total. The highest BCUT2D eigenvalue weighted by Gasteiger charge is 2.48. The third-order valence-electron chi connectivity index (χ3n) is 2.83. The Morgan fingerprint density at radius 2 is 2.36 bits per heavy atom. The number of amides is 1. The molecule has 1 aromatic rings. The van der Waals surface area contributed by atoms with E-state index in [4.69, 9.17) is 0 Å². The van der Waals surface area contributed by atoms with Gasteiger partial charge in [-0.25, -0.2) is 0 Å². The Morgan fingerprint density at radius 1 is 1.64 bits per heavy atom. The third-order valence-corrected chi connectivity index (χ3v) is 2.83. The van der Waals surface area contributed by atoms with Crippen molar-refractivity contribution in [1.29, 1.82) is 0 Å². The van der Waals surface area contributed by atoms with Crippen molar-refractivity contribution in [2.75, 3.05) is 5.32 Å². The van der Waals surface area contributed by atoms with E-state index in [-0.39, 0.29) is 11.3 Å². The second kappa shape index (κ2) is 3.08. The molecule has 0 atom stereocenters. The summed E-state index contributed by atoms with van der Waals surface area (Å²) in [5.41, 5.74) is -0.130. The second-order valence-corrected chi connectivity index (χ2v) is 3.83. The van der Waals surface area contributed by atoms with Crippen LogP contribution in [0.3, 0.4) is 0 Å². The minimum Gasteiger partial charge on any atom is -0.293 e. The molecule has 5 heteroatoms. The van der Waals surface area contributed by atoms with Crippen LogP contribution < -0.4 is 5.32 Å². The number of rotatable bonds is 3. The van der Waals surface area contributed by atoms with Crippen molar-refractivity contribution in [3.05, 3.63) is 5.82 Å². The van der Waals surface area contributed by atoms with E-state index in [0.29, 0.717) is 11.8 Å². The first-order chi connectivity index (χ1) is 6.66. The van der Waals surface area contributed by atoms with Gasteiger partial charge in [-0.2, -0.15) is 4.98 Å². The molecule has 1 heterocycles. The number of nitrogens with zero attached hydrogens (tertiary/aromatic N) is 2. The molecule has 1 amide bonds. The molecule has 1 aliphatic rings. The SMILES string of the molecule is CCC1(C(=O)Nc2n[nH]c(C)n2)CC1. The number of anilines is 1. The Kier molecular flexibility index (Phi) is 2.02. The third kappa shape index (κ3) is 1.49. The summed E-state index contributed by atoms with van der Waals surface area (Å²) in [6.07, 6.45) is 2.86. The van der Waals surface area contributed by atoms with Crippen molar-refractivity contribution >= 4 is 11.9 Å². The number of carbonyl (C=O) groups excluding carboxylic acids is 1. The van der Waals surface area contributed by atoms with E-state index in [2.05, 4.69) is 20.5 Å². The predicted molar refractivity (Wildman–Crippen MR) is 51.7 cm³/mol. The van der Waals surface area contributed by atoms with E-state index in [1.807, 2.05) is 6.92 Å². The molecule has 2 rings (SSSR count). The molecule has 0 spiro atoms. The molecular weight excluding hydrogens is 180 g/mol. The van der Waals surface area contributed by atoms with Crippen LogP contribution in [0.25, 0.3) is 0 Å². The summed E-state index contributed by atoms with van der Waals surface area (Å²) >= 11 is 0. The summed E-state index contributed by atoms with van der Waals surface area (Å²) in [6.45, 7) is 3.84. The second-order valence-electron chi connectivity index (χ2n) is 3.83. The van der Waals surface area contributed by atoms with Gasteiger partial charge in [0, 0.05) is 5.41 Å². The monoisotopic (exact) mass is 194 g/mol. The summed E-state index contributed by atoms with van der Waals surface area (Å²) in [4.78, 5) is 15.8. The molecule has 0 radical (unpaired) electrons. The topological polar surface area (TPSA) is 70.7 Å². The molecule has 14 heavy (non-hydrogen) atoms. The van der Waals surface area contributed by atoms with Gasteiger partial charge in [0.1, 0.15) is 5.82 Å². The first-order valence-electron chi connectivity index (χ1n) is 4.87. The molecule has 0 aliphatic heterocycles. The normalized spacial score (nSPS) is 17.9. The predicted octanol–water partition coefficient (Wildman–Crippen LogP) is 1.24. The van der Waals surface area contributed by atoms with E-state index in [9.17, 15) is 4.79 Å². The Bertz CT molecular complexity index is 353. The van der Waals surface area contributed by atoms with Gasteiger partial charge in [0.05, 0.1) is 0 Å². The molecular formula is C9H14N4O. The standard InChI is InChI=1S/C9H14N4O/c1-3-9(4-5-9)7(14)11-8-10-6(2)12-13-8/h3-5H2,1-2H3,(H2,10,11,12,13,14). The Hall–Kier alpha value is -1.39. The van der Waals surface area contributed by atoms with Crippen molar-refractivity contribution < 1.29 is 4.79 Å². The van der Waals surface area contributed by atoms with Gasteiger partial charge in [-0.15, -0.1) is 5.10 Å². The molecule has 0 aromatic carbocycles. The Balaban J connectivity index is 2.01. The summed E-state index contributed by atoms with van der Waals surface area (Å²) in [7, 11) is 0. The quantitative estimate of drug-likeness (QED) is 0.760. The van der Waals surface area contributed by atoms with Gasteiger partial charge < -0.3 is 0 Å². The van der Waals surface area contributed by atoms with Crippen molar-refractivity contribution in [1.82, 2.24) is 15.2 Å². The number of hydrogen-bond donors (Lipinski definition) is 2. The van der Waals surface area contributed by atoms with Crippen LogP contribution in [0.5, 0.6) is 0 Å². The van der Waals surface area contributed by atoms with Crippen LogP contribution in [0.15, 0.2) is 0 Å². The lowest BCUT2D eigenvalue weighted by Crippen LogP contribution is -2.24. The van der Waals surface area contributed by atoms with Crippen LogP contribution in [0.4, 0.5) is 5.95 Å². The van der Waals surface area contributed by atoms with Crippen molar-refractivity contribution in [3.8, 4) is 0 Å². The van der Waals surface area contributed by atoms with Crippen molar-refractivity contribution in [2.24, 2.45) is 5.41 Å². The van der Waals surface area contributed by atoms with Gasteiger partial charge in [-0.05, 0) is 26.2 Å². The molecule has 2 N–H and O–H groups in total. The van der Waals surface area contributed by atoms with Gasteiger partial charge >= 0.3 is 0 Å². The largest absolute Gasteiger partial charge is 0.293 e. The fourth-order valence-electron chi connectivity index (χ4n) is 1.52. The smallest absolute Gasteiger partial charge is 0.248 e. The zero-order valence-electron chi connectivity index (χ0n) is 8.42. The van der Waals surface area contributed by atoms with Gasteiger partial charge in [0.15, 0.2) is 0 Å². The molecule has 0 saturated heterocycles. The molecule has 1 aromatic heterocycles. The highest BCUT2D eigenvalue weighted by molar-refractivity contribution is 5.95. The van der Waals surface area contributed by atoms with Crippen LogP contribution >= 0.6 is 0 Å². The average Bonchev–Trinajstić information content (AvgIpc) is 2.87. The molecule has 1 aliphatic carbocycles. The lowest BCUT2D eigenvalue weighted by atomic mass is 10.0. The molecule has 1 saturated carbocycles. The molecule has 1 fully saturated rings. The number of aromatic amines is 1. The molecule has 0 bridgehead atoms. The number of aromatic nitrogens is 3. The lowest BCUT2D eigenvalue weighted by molar-refractivity contribution is -0.121. The molecule has 76 valence electrons. The fourth-order valence-corrected chi connectivity index (χ4v) is 1.52. The van der Waals surface area contributed by atoms with E-state index >= 15 is 0 Å². The van der Waals surface area contributed by atoms with Gasteiger partial charge in [-0.3, -0.25) is 15.2 Å². The summed E-state index contributed by atoms with van der Waals surface area (Å²) in [6, 6.07) is 0. The van der Waals surface area contributed by atoms with E-state index in [1.54, 1.807) is 6.92 Å². The van der Waals surface area contributed by atoms with Crippen molar-refractivity contribution in [2.45, 2.75) is 33.1 Å². The number of nitrogens with one attached hydrogen (secondary N) is 2. The highest BCUT2D eigenvalue weighted by Crippen LogP contribution is 2.49. The van der Waals surface area contributed by atoms with Gasteiger partial charge in [0.25, 0.3) is 0 Å². The van der Waals surface area contributed by atoms with Crippen LogP contribution in [-0.2, 0) is 4.79 Å². The van der Waals surface area contributed by atoms with Crippen molar-refractivity contribution in [3.63, 3.8) is 0 Å². The fraction of sp³-hybridized carbons (Fsp3) is 0.667. The zero-order valence-corrected chi connectivity index (χ0v) is 8.42. The molecule has 0 unspecified atom stereocenters. The van der Waals surface area contributed by atoms with E-state index in [0.717, 1.165) is 19.3 Å². The Morgan fingerprint density at radius 3 is 2.79 bits per heavy atom. The lowest BCUT2D eigenvalue weighted by Gasteiger charge is -2.09. The zero-order chi connectivity index (χ0) is 10.2. The van der Waals surface area contributed by atoms with Crippen LogP contribution in [0.1, 0.15) is 32.0 Å². The van der Waals surface area contributed by atoms with Crippen LogP contribution in [-0.4, -0.2) is 21.1 Å². The maximum absolute atomic E-state index is 11.7. The minimum absolute atomic E-state index is 0.0546. The van der Waals surface area contributed by atoms with Crippen LogP contribution in [0, 0.1) is 12.3 Å². The first-order valence-corrected chi connectivity index (χ1v) is 4.87.